The molecule has 29 heavy (non-hydrogen) atoms. The van der Waals surface area contributed by atoms with Crippen molar-refractivity contribution in [1.82, 2.24) is 15.6 Å². The minimum Gasteiger partial charge on any atom is -0.497 e. The lowest BCUT2D eigenvalue weighted by Gasteiger charge is -2.20. The minimum absolute atomic E-state index is 0.175. The Morgan fingerprint density at radius 3 is 2.97 bits per heavy atom. The molecular formula is C21H28FN5O2. The summed E-state index contributed by atoms with van der Waals surface area (Å²) in [5, 5.41) is 6.67. The van der Waals surface area contributed by atoms with Crippen LogP contribution in [0.3, 0.4) is 0 Å². The maximum absolute atomic E-state index is 14.0. The Morgan fingerprint density at radius 1 is 1.31 bits per heavy atom. The Balaban J connectivity index is 1.50. The van der Waals surface area contributed by atoms with E-state index in [2.05, 4.69) is 20.6 Å². The van der Waals surface area contributed by atoms with Crippen LogP contribution in [-0.2, 0) is 0 Å². The Hall–Kier alpha value is -3.03. The van der Waals surface area contributed by atoms with E-state index in [1.807, 2.05) is 36.1 Å². The normalized spacial score (nSPS) is 16.6. The van der Waals surface area contributed by atoms with Gasteiger partial charge in [-0.1, -0.05) is 6.07 Å². The number of nitrogens with one attached hydrogen (secondary N) is 2. The van der Waals surface area contributed by atoms with Gasteiger partial charge in [0.25, 0.3) is 0 Å². The van der Waals surface area contributed by atoms with Crippen molar-refractivity contribution in [3.05, 3.63) is 48.4 Å². The number of pyridine rings is 1. The highest BCUT2D eigenvalue weighted by atomic mass is 19.1. The van der Waals surface area contributed by atoms with E-state index < -0.39 is 0 Å². The summed E-state index contributed by atoms with van der Waals surface area (Å²) in [6.45, 7) is 5.18. The number of guanidine groups is 1. The Labute approximate surface area is 170 Å². The van der Waals surface area contributed by atoms with Crippen LogP contribution in [0.2, 0.25) is 0 Å². The molecule has 1 atom stereocenters. The second kappa shape index (κ2) is 10.5. The van der Waals surface area contributed by atoms with Gasteiger partial charge in [-0.3, -0.25) is 0 Å². The molecule has 1 aliphatic heterocycles. The summed E-state index contributed by atoms with van der Waals surface area (Å²) >= 11 is 0. The van der Waals surface area contributed by atoms with E-state index in [-0.39, 0.29) is 11.9 Å². The summed E-state index contributed by atoms with van der Waals surface area (Å²) in [7, 11) is 1.63. The quantitative estimate of drug-likeness (QED) is 0.402. The van der Waals surface area contributed by atoms with Crippen LogP contribution >= 0.6 is 0 Å². The summed E-state index contributed by atoms with van der Waals surface area (Å²) in [5.41, 5.74) is 0. The fraction of sp³-hybridized carbons (Fsp3) is 0.429. The number of ether oxygens (including phenoxy) is 2. The van der Waals surface area contributed by atoms with Gasteiger partial charge < -0.3 is 25.0 Å². The molecule has 2 heterocycles. The van der Waals surface area contributed by atoms with Crippen LogP contribution in [0.25, 0.3) is 0 Å². The zero-order chi connectivity index (χ0) is 20.5. The van der Waals surface area contributed by atoms with Crippen molar-refractivity contribution >= 4 is 11.8 Å². The largest absolute Gasteiger partial charge is 0.497 e. The number of benzene rings is 1. The van der Waals surface area contributed by atoms with Crippen LogP contribution < -0.4 is 25.0 Å². The second-order valence-corrected chi connectivity index (χ2v) is 6.67. The van der Waals surface area contributed by atoms with E-state index in [9.17, 15) is 4.39 Å². The highest BCUT2D eigenvalue weighted by Crippen LogP contribution is 2.21. The van der Waals surface area contributed by atoms with Gasteiger partial charge in [-0.15, -0.1) is 0 Å². The van der Waals surface area contributed by atoms with Crippen molar-refractivity contribution in [2.45, 2.75) is 19.4 Å². The highest BCUT2D eigenvalue weighted by molar-refractivity contribution is 5.80. The van der Waals surface area contributed by atoms with Crippen LogP contribution in [0, 0.1) is 5.82 Å². The fourth-order valence-corrected chi connectivity index (χ4v) is 3.21. The zero-order valence-corrected chi connectivity index (χ0v) is 16.9. The molecule has 1 fully saturated rings. The second-order valence-electron chi connectivity index (χ2n) is 6.67. The molecular weight excluding hydrogens is 373 g/mol. The van der Waals surface area contributed by atoms with Gasteiger partial charge in [-0.05, 0) is 37.6 Å². The third kappa shape index (κ3) is 5.97. The topological polar surface area (TPSA) is 71.0 Å². The van der Waals surface area contributed by atoms with Gasteiger partial charge in [-0.2, -0.15) is 0 Å². The third-order valence-corrected chi connectivity index (χ3v) is 4.58. The standard InChI is InChI=1S/C21H28FN5O2/c1-3-23-21(25-11-13-29-18-7-4-6-17(14-18)28-2)26-16-9-12-27(15-16)20-19(22)8-5-10-24-20/h4-8,10,14,16H,3,9,11-13,15H2,1-2H3,(H2,23,25,26). The molecule has 0 bridgehead atoms. The molecule has 1 saturated heterocycles. The maximum Gasteiger partial charge on any atom is 0.191 e. The molecule has 3 rings (SSSR count). The molecule has 156 valence electrons. The van der Waals surface area contributed by atoms with Gasteiger partial charge in [0.05, 0.1) is 13.7 Å². The fourth-order valence-electron chi connectivity index (χ4n) is 3.21. The number of nitrogens with zero attached hydrogens (tertiary/aromatic N) is 3. The molecule has 1 aliphatic rings. The summed E-state index contributed by atoms with van der Waals surface area (Å²) < 4.78 is 24.9. The lowest BCUT2D eigenvalue weighted by atomic mass is 10.3. The van der Waals surface area contributed by atoms with Crippen molar-refractivity contribution < 1.29 is 13.9 Å². The van der Waals surface area contributed by atoms with E-state index in [4.69, 9.17) is 9.47 Å². The maximum atomic E-state index is 14.0. The zero-order valence-electron chi connectivity index (χ0n) is 16.9. The molecule has 0 amide bonds. The number of anilines is 1. The van der Waals surface area contributed by atoms with Gasteiger partial charge in [0, 0.05) is 37.9 Å². The van der Waals surface area contributed by atoms with Crippen LogP contribution in [-0.4, -0.2) is 56.9 Å². The van der Waals surface area contributed by atoms with Crippen molar-refractivity contribution in [2.75, 3.05) is 44.8 Å². The molecule has 0 radical (unpaired) electrons. The first kappa shape index (κ1) is 20.7. The molecule has 7 nitrogen and oxygen atoms in total. The number of methoxy groups -OCH3 is 1. The lowest BCUT2D eigenvalue weighted by Crippen LogP contribution is -2.45. The molecule has 1 aromatic carbocycles. The van der Waals surface area contributed by atoms with Gasteiger partial charge in [-0.25, -0.2) is 14.4 Å². The van der Waals surface area contributed by atoms with E-state index in [0.29, 0.717) is 25.5 Å². The van der Waals surface area contributed by atoms with E-state index in [0.717, 1.165) is 37.0 Å². The molecule has 0 spiro atoms. The predicted molar refractivity (Wildman–Crippen MR) is 112 cm³/mol. The van der Waals surface area contributed by atoms with Gasteiger partial charge in [0.15, 0.2) is 17.6 Å². The Kier molecular flexibility index (Phi) is 7.49. The van der Waals surface area contributed by atoms with Crippen LogP contribution in [0.4, 0.5) is 10.2 Å². The molecule has 0 aliphatic carbocycles. The number of hydrogen-bond donors (Lipinski definition) is 2. The Morgan fingerprint density at radius 2 is 2.17 bits per heavy atom. The van der Waals surface area contributed by atoms with E-state index >= 15 is 0 Å². The van der Waals surface area contributed by atoms with E-state index in [1.165, 1.54) is 6.07 Å². The van der Waals surface area contributed by atoms with Crippen LogP contribution in [0.5, 0.6) is 11.5 Å². The highest BCUT2D eigenvalue weighted by Gasteiger charge is 2.25. The average Bonchev–Trinajstić information content (AvgIpc) is 3.20. The summed E-state index contributed by atoms with van der Waals surface area (Å²) in [6.07, 6.45) is 2.51. The number of aliphatic imine (C=N–C) groups is 1. The smallest absolute Gasteiger partial charge is 0.191 e. The monoisotopic (exact) mass is 401 g/mol. The van der Waals surface area contributed by atoms with Crippen LogP contribution in [0.1, 0.15) is 13.3 Å². The third-order valence-electron chi connectivity index (χ3n) is 4.58. The van der Waals surface area contributed by atoms with Crippen molar-refractivity contribution in [2.24, 2.45) is 4.99 Å². The molecule has 1 aromatic heterocycles. The number of aromatic nitrogens is 1. The van der Waals surface area contributed by atoms with Crippen molar-refractivity contribution in [3.8, 4) is 11.5 Å². The molecule has 2 N–H and O–H groups in total. The van der Waals surface area contributed by atoms with Crippen molar-refractivity contribution in [1.29, 1.82) is 0 Å². The summed E-state index contributed by atoms with van der Waals surface area (Å²) in [4.78, 5) is 10.7. The summed E-state index contributed by atoms with van der Waals surface area (Å²) in [5.74, 6) is 2.36. The molecule has 1 unspecified atom stereocenters. The molecule has 0 saturated carbocycles. The lowest BCUT2D eigenvalue weighted by molar-refractivity contribution is 0.325. The number of rotatable bonds is 8. The Bertz CT molecular complexity index is 817. The first-order valence-corrected chi connectivity index (χ1v) is 9.86. The van der Waals surface area contributed by atoms with Crippen LogP contribution in [0.15, 0.2) is 47.6 Å². The first-order valence-electron chi connectivity index (χ1n) is 9.86. The SMILES string of the molecule is CCNC(=NCCOc1cccc(OC)c1)NC1CCN(c2ncccc2F)C1. The number of hydrogen-bond acceptors (Lipinski definition) is 5. The minimum atomic E-state index is -0.289. The van der Waals surface area contributed by atoms with Gasteiger partial charge in [0.2, 0.25) is 0 Å². The number of halogens is 1. The first-order chi connectivity index (χ1) is 14.2. The van der Waals surface area contributed by atoms with E-state index in [1.54, 1.807) is 19.4 Å². The van der Waals surface area contributed by atoms with Crippen molar-refractivity contribution in [3.63, 3.8) is 0 Å². The summed E-state index contributed by atoms with van der Waals surface area (Å²) in [6, 6.07) is 10.7. The molecule has 8 heteroatoms. The average molecular weight is 401 g/mol. The molecule has 2 aromatic rings. The van der Waals surface area contributed by atoms with Gasteiger partial charge >= 0.3 is 0 Å². The van der Waals surface area contributed by atoms with Gasteiger partial charge in [0.1, 0.15) is 18.1 Å². The predicted octanol–water partition coefficient (Wildman–Crippen LogP) is 2.44.